The van der Waals surface area contributed by atoms with Gasteiger partial charge in [0.1, 0.15) is 44.4 Å². The Morgan fingerprint density at radius 1 is 0.897 bits per heavy atom. The molecule has 1 aromatic carbocycles. The van der Waals surface area contributed by atoms with Gasteiger partial charge in [-0.15, -0.1) is 0 Å². The Morgan fingerprint density at radius 3 is 1.83 bits per heavy atom. The smallest absolute Gasteiger partial charge is 0.333 e. The van der Waals surface area contributed by atoms with Crippen LogP contribution in [0, 0.1) is 0 Å². The molecule has 0 fully saturated rings. The van der Waals surface area contributed by atoms with E-state index >= 15 is 0 Å². The van der Waals surface area contributed by atoms with Gasteiger partial charge in [-0.1, -0.05) is 13.2 Å². The summed E-state index contributed by atoms with van der Waals surface area (Å²) in [6.07, 6.45) is -2.15. The number of phenols is 1. The summed E-state index contributed by atoms with van der Waals surface area (Å²) in [4.78, 5) is 22.5. The molecular weight excluding hydrogens is 384 g/mol. The van der Waals surface area contributed by atoms with Crippen molar-refractivity contribution in [2.45, 2.75) is 26.1 Å². The van der Waals surface area contributed by atoms with Gasteiger partial charge in [0.25, 0.3) is 0 Å². The van der Waals surface area contributed by atoms with Gasteiger partial charge in [0, 0.05) is 17.2 Å². The molecule has 2 unspecified atom stereocenters. The number of benzene rings is 1. The number of aliphatic hydroxyl groups excluding tert-OH is 2. The third-order valence-electron chi connectivity index (χ3n) is 3.31. The van der Waals surface area contributed by atoms with E-state index in [1.807, 2.05) is 0 Å². The molecule has 0 bridgehead atoms. The van der Waals surface area contributed by atoms with Crippen LogP contribution in [0.4, 0.5) is 0 Å². The predicted octanol–water partition coefficient (Wildman–Crippen LogP) is 1.11. The Labute approximate surface area is 168 Å². The first-order valence-electron chi connectivity index (χ1n) is 8.70. The molecule has 29 heavy (non-hydrogen) atoms. The van der Waals surface area contributed by atoms with Crippen molar-refractivity contribution in [3.05, 3.63) is 42.5 Å². The zero-order valence-corrected chi connectivity index (χ0v) is 16.4. The summed E-state index contributed by atoms with van der Waals surface area (Å²) in [6, 6.07) is 4.15. The second-order valence-electron chi connectivity index (χ2n) is 6.32. The monoisotopic (exact) mass is 410 g/mol. The van der Waals surface area contributed by atoms with Gasteiger partial charge in [0.2, 0.25) is 0 Å². The van der Waals surface area contributed by atoms with Crippen LogP contribution in [-0.2, 0) is 19.1 Å². The number of hydrogen-bond donors (Lipinski definition) is 3. The number of rotatable bonds is 12. The maximum absolute atomic E-state index is 11.3. The molecule has 160 valence electrons. The number of aromatic hydroxyl groups is 1. The van der Waals surface area contributed by atoms with E-state index in [0.29, 0.717) is 0 Å². The van der Waals surface area contributed by atoms with Gasteiger partial charge in [0.15, 0.2) is 11.5 Å². The number of esters is 2. The molecular formula is C20H26O9. The molecule has 0 spiro atoms. The standard InChI is InChI=1S/C20H26O9/c1-12(2)19(24)28-10-14(21)8-26-16-5-6-18(17(23)7-16)27-9-15(22)11-29-20(25)13(3)4/h5-7,14-15,21-23H,1,3,8-11H2,2,4H3. The average Bonchev–Trinajstić information content (AvgIpc) is 2.67. The quantitative estimate of drug-likeness (QED) is 0.342. The van der Waals surface area contributed by atoms with Crippen LogP contribution in [0.3, 0.4) is 0 Å². The number of aliphatic hydroxyl groups is 2. The zero-order valence-electron chi connectivity index (χ0n) is 16.4. The van der Waals surface area contributed by atoms with Crippen molar-refractivity contribution in [1.29, 1.82) is 0 Å². The third-order valence-corrected chi connectivity index (χ3v) is 3.31. The van der Waals surface area contributed by atoms with Crippen LogP contribution in [-0.4, -0.2) is 65.9 Å². The fourth-order valence-electron chi connectivity index (χ4n) is 1.77. The van der Waals surface area contributed by atoms with Gasteiger partial charge in [-0.2, -0.15) is 0 Å². The van der Waals surface area contributed by atoms with Crippen molar-refractivity contribution in [1.82, 2.24) is 0 Å². The van der Waals surface area contributed by atoms with Crippen LogP contribution in [0.15, 0.2) is 42.5 Å². The minimum atomic E-state index is -1.09. The molecule has 9 heteroatoms. The Balaban J connectivity index is 2.42. The third kappa shape index (κ3) is 9.13. The van der Waals surface area contributed by atoms with Crippen LogP contribution >= 0.6 is 0 Å². The summed E-state index contributed by atoms with van der Waals surface area (Å²) in [6.45, 7) is 8.91. The van der Waals surface area contributed by atoms with Crippen LogP contribution in [0.2, 0.25) is 0 Å². The topological polar surface area (TPSA) is 132 Å². The first-order valence-corrected chi connectivity index (χ1v) is 8.70. The zero-order chi connectivity index (χ0) is 22.0. The lowest BCUT2D eigenvalue weighted by atomic mass is 10.3. The van der Waals surface area contributed by atoms with E-state index in [1.165, 1.54) is 32.0 Å². The van der Waals surface area contributed by atoms with Crippen LogP contribution in [0.1, 0.15) is 13.8 Å². The summed E-state index contributed by atoms with van der Waals surface area (Å²) < 4.78 is 20.2. The number of phenolic OH excluding ortho intramolecular Hbond substituents is 1. The van der Waals surface area contributed by atoms with Gasteiger partial charge in [0.05, 0.1) is 0 Å². The van der Waals surface area contributed by atoms with Gasteiger partial charge in [-0.25, -0.2) is 9.59 Å². The van der Waals surface area contributed by atoms with Crippen molar-refractivity contribution in [3.63, 3.8) is 0 Å². The minimum Gasteiger partial charge on any atom is -0.504 e. The highest BCUT2D eigenvalue weighted by atomic mass is 16.6. The molecule has 9 nitrogen and oxygen atoms in total. The van der Waals surface area contributed by atoms with Gasteiger partial charge >= 0.3 is 11.9 Å². The molecule has 0 saturated heterocycles. The fraction of sp³-hybridized carbons (Fsp3) is 0.400. The summed E-state index contributed by atoms with van der Waals surface area (Å²) in [5, 5.41) is 29.5. The molecule has 0 aliphatic carbocycles. The maximum atomic E-state index is 11.3. The SMILES string of the molecule is C=C(C)C(=O)OCC(O)COc1ccc(OCC(O)COC(=O)C(=C)C)c(O)c1. The Hall–Kier alpha value is -3.04. The van der Waals surface area contributed by atoms with Crippen LogP contribution < -0.4 is 9.47 Å². The molecule has 0 aliphatic rings. The van der Waals surface area contributed by atoms with Crippen LogP contribution in [0.25, 0.3) is 0 Å². The molecule has 2 atom stereocenters. The summed E-state index contributed by atoms with van der Waals surface area (Å²) in [7, 11) is 0. The number of ether oxygens (including phenoxy) is 4. The van der Waals surface area contributed by atoms with Crippen LogP contribution in [0.5, 0.6) is 17.2 Å². The summed E-state index contributed by atoms with van der Waals surface area (Å²) in [5.74, 6) is -1.16. The normalized spacial score (nSPS) is 12.4. The second-order valence-corrected chi connectivity index (χ2v) is 6.32. The average molecular weight is 410 g/mol. The predicted molar refractivity (Wildman–Crippen MR) is 103 cm³/mol. The van der Waals surface area contributed by atoms with Crippen molar-refractivity contribution in [2.24, 2.45) is 0 Å². The van der Waals surface area contributed by atoms with Gasteiger partial charge in [-0.05, 0) is 26.0 Å². The molecule has 3 N–H and O–H groups in total. The summed E-state index contributed by atoms with van der Waals surface area (Å²) in [5.41, 5.74) is 0.433. The Bertz CT molecular complexity index is 741. The maximum Gasteiger partial charge on any atom is 0.333 e. The number of carbonyl (C=O) groups excluding carboxylic acids is 2. The Kier molecular flexibility index (Phi) is 9.70. The molecule has 0 radical (unpaired) electrons. The lowest BCUT2D eigenvalue weighted by Crippen LogP contribution is -2.25. The highest BCUT2D eigenvalue weighted by molar-refractivity contribution is 5.87. The first kappa shape index (κ1) is 24.0. The van der Waals surface area contributed by atoms with E-state index in [0.717, 1.165) is 0 Å². The fourth-order valence-corrected chi connectivity index (χ4v) is 1.77. The lowest BCUT2D eigenvalue weighted by molar-refractivity contribution is -0.143. The largest absolute Gasteiger partial charge is 0.504 e. The van der Waals surface area contributed by atoms with E-state index < -0.39 is 24.1 Å². The molecule has 0 saturated carbocycles. The number of hydrogen-bond acceptors (Lipinski definition) is 9. The Morgan fingerprint density at radius 2 is 1.38 bits per heavy atom. The van der Waals surface area contributed by atoms with Gasteiger partial charge < -0.3 is 34.3 Å². The minimum absolute atomic E-state index is 0.0820. The van der Waals surface area contributed by atoms with E-state index in [9.17, 15) is 24.9 Å². The molecule has 0 amide bonds. The molecule has 0 aromatic heterocycles. The lowest BCUT2D eigenvalue weighted by Gasteiger charge is -2.15. The van der Waals surface area contributed by atoms with E-state index in [-0.39, 0.29) is 54.8 Å². The second kappa shape index (κ2) is 11.7. The molecule has 0 heterocycles. The van der Waals surface area contributed by atoms with E-state index in [2.05, 4.69) is 13.2 Å². The molecule has 1 aromatic rings. The number of carbonyl (C=O) groups is 2. The first-order chi connectivity index (χ1) is 13.6. The summed E-state index contributed by atoms with van der Waals surface area (Å²) >= 11 is 0. The van der Waals surface area contributed by atoms with E-state index in [1.54, 1.807) is 0 Å². The molecule has 1 rings (SSSR count). The van der Waals surface area contributed by atoms with Crippen molar-refractivity contribution in [2.75, 3.05) is 26.4 Å². The van der Waals surface area contributed by atoms with Crippen molar-refractivity contribution < 1.29 is 43.9 Å². The van der Waals surface area contributed by atoms with Gasteiger partial charge in [-0.3, -0.25) is 0 Å². The van der Waals surface area contributed by atoms with E-state index in [4.69, 9.17) is 18.9 Å². The highest BCUT2D eigenvalue weighted by Gasteiger charge is 2.13. The molecule has 0 aliphatic heterocycles. The van der Waals surface area contributed by atoms with Crippen molar-refractivity contribution >= 4 is 11.9 Å². The van der Waals surface area contributed by atoms with Crippen molar-refractivity contribution in [3.8, 4) is 17.2 Å². The highest BCUT2D eigenvalue weighted by Crippen LogP contribution is 2.30.